The van der Waals surface area contributed by atoms with Gasteiger partial charge in [-0.3, -0.25) is 9.36 Å². The Bertz CT molecular complexity index is 824. The van der Waals surface area contributed by atoms with Gasteiger partial charge in [0.15, 0.2) is 0 Å². The van der Waals surface area contributed by atoms with Crippen molar-refractivity contribution in [3.8, 4) is 5.69 Å². The van der Waals surface area contributed by atoms with Crippen molar-refractivity contribution in [3.05, 3.63) is 66.9 Å². The Hall–Kier alpha value is -3.22. The lowest BCUT2D eigenvalue weighted by atomic mass is 10.1. The maximum Gasteiger partial charge on any atom is 0.253 e. The van der Waals surface area contributed by atoms with Crippen LogP contribution in [0.3, 0.4) is 0 Å². The molecule has 1 amide bonds. The largest absolute Gasteiger partial charge is 0.353 e. The average Bonchev–Trinajstić information content (AvgIpc) is 3.23. The second-order valence-corrected chi connectivity index (χ2v) is 5.88. The van der Waals surface area contributed by atoms with Crippen LogP contribution < -0.4 is 4.90 Å². The highest BCUT2D eigenvalue weighted by Gasteiger charge is 2.22. The summed E-state index contributed by atoms with van der Waals surface area (Å²) in [7, 11) is 0. The van der Waals surface area contributed by atoms with E-state index in [4.69, 9.17) is 0 Å². The van der Waals surface area contributed by atoms with E-state index in [-0.39, 0.29) is 5.91 Å². The van der Waals surface area contributed by atoms with Gasteiger partial charge in [-0.15, -0.1) is 10.2 Å². The van der Waals surface area contributed by atoms with Crippen LogP contribution in [0, 0.1) is 0 Å². The Morgan fingerprint density at radius 2 is 1.60 bits per heavy atom. The number of hydrogen-bond donors (Lipinski definition) is 0. The van der Waals surface area contributed by atoms with Crippen LogP contribution in [0.25, 0.3) is 5.69 Å². The summed E-state index contributed by atoms with van der Waals surface area (Å²) >= 11 is 0. The Balaban J connectivity index is 1.40. The third kappa shape index (κ3) is 3.21. The van der Waals surface area contributed by atoms with Gasteiger partial charge in [0.1, 0.15) is 18.5 Å². The van der Waals surface area contributed by atoms with Crippen molar-refractivity contribution in [1.29, 1.82) is 0 Å². The number of anilines is 1. The second kappa shape index (κ2) is 6.72. The van der Waals surface area contributed by atoms with Gasteiger partial charge in [-0.2, -0.15) is 0 Å². The Kier molecular flexibility index (Phi) is 4.12. The molecule has 7 nitrogen and oxygen atoms in total. The van der Waals surface area contributed by atoms with E-state index in [1.807, 2.05) is 47.4 Å². The molecule has 4 rings (SSSR count). The number of rotatable bonds is 3. The number of carbonyl (C=O) groups excluding carboxylic acids is 1. The quantitative estimate of drug-likeness (QED) is 0.728. The molecular weight excluding hydrogens is 316 g/mol. The van der Waals surface area contributed by atoms with E-state index < -0.39 is 0 Å². The van der Waals surface area contributed by atoms with E-state index in [0.717, 1.165) is 24.6 Å². The molecule has 1 aliphatic rings. The zero-order valence-electron chi connectivity index (χ0n) is 13.7. The van der Waals surface area contributed by atoms with E-state index in [9.17, 15) is 4.79 Å². The second-order valence-electron chi connectivity index (χ2n) is 5.88. The number of hydrogen-bond acceptors (Lipinski definition) is 5. The molecule has 0 bridgehead atoms. The van der Waals surface area contributed by atoms with Crippen molar-refractivity contribution >= 4 is 11.7 Å². The first-order valence-corrected chi connectivity index (χ1v) is 8.21. The van der Waals surface area contributed by atoms with E-state index in [0.29, 0.717) is 18.7 Å². The van der Waals surface area contributed by atoms with E-state index >= 15 is 0 Å². The van der Waals surface area contributed by atoms with Crippen LogP contribution in [0.4, 0.5) is 5.82 Å². The van der Waals surface area contributed by atoms with Gasteiger partial charge in [-0.25, -0.2) is 4.98 Å². The number of aromatic nitrogens is 4. The molecule has 0 radical (unpaired) electrons. The third-order valence-electron chi connectivity index (χ3n) is 4.37. The molecule has 0 N–H and O–H groups in total. The summed E-state index contributed by atoms with van der Waals surface area (Å²) in [6.07, 6.45) is 5.06. The number of amides is 1. The Morgan fingerprint density at radius 1 is 0.880 bits per heavy atom. The molecule has 3 heterocycles. The van der Waals surface area contributed by atoms with Crippen LogP contribution in [0.2, 0.25) is 0 Å². The van der Waals surface area contributed by atoms with Gasteiger partial charge in [-0.05, 0) is 36.4 Å². The van der Waals surface area contributed by atoms with Crippen molar-refractivity contribution in [2.45, 2.75) is 0 Å². The first-order chi connectivity index (χ1) is 12.3. The molecule has 25 heavy (non-hydrogen) atoms. The first-order valence-electron chi connectivity index (χ1n) is 8.21. The number of nitrogens with zero attached hydrogens (tertiary/aromatic N) is 6. The number of piperazine rings is 1. The van der Waals surface area contributed by atoms with Gasteiger partial charge in [-0.1, -0.05) is 6.07 Å². The smallest absolute Gasteiger partial charge is 0.253 e. The highest BCUT2D eigenvalue weighted by Crippen LogP contribution is 2.15. The van der Waals surface area contributed by atoms with Crippen molar-refractivity contribution < 1.29 is 4.79 Å². The SMILES string of the molecule is O=C(c1ccc(-n2cnnc2)cc1)N1CCN(c2ccccn2)CC1. The van der Waals surface area contributed by atoms with Crippen LogP contribution >= 0.6 is 0 Å². The van der Waals surface area contributed by atoms with Crippen molar-refractivity contribution in [3.63, 3.8) is 0 Å². The lowest BCUT2D eigenvalue weighted by molar-refractivity contribution is 0.0746. The standard InChI is InChI=1S/C18H18N6O/c25-18(15-4-6-16(7-5-15)24-13-20-21-14-24)23-11-9-22(10-12-23)17-3-1-2-8-19-17/h1-8,13-14H,9-12H2. The lowest BCUT2D eigenvalue weighted by Gasteiger charge is -2.35. The topological polar surface area (TPSA) is 67.2 Å². The lowest BCUT2D eigenvalue weighted by Crippen LogP contribution is -2.49. The minimum absolute atomic E-state index is 0.0657. The number of pyridine rings is 1. The monoisotopic (exact) mass is 334 g/mol. The summed E-state index contributed by atoms with van der Waals surface area (Å²) in [5, 5.41) is 7.58. The average molecular weight is 334 g/mol. The van der Waals surface area contributed by atoms with Crippen molar-refractivity contribution in [2.75, 3.05) is 31.1 Å². The van der Waals surface area contributed by atoms with Gasteiger partial charge in [0.25, 0.3) is 5.91 Å². The summed E-state index contributed by atoms with van der Waals surface area (Å²) in [5.74, 6) is 1.03. The van der Waals surface area contributed by atoms with Crippen LogP contribution in [-0.2, 0) is 0 Å². The maximum atomic E-state index is 12.7. The van der Waals surface area contributed by atoms with E-state index in [1.165, 1.54) is 0 Å². The first kappa shape index (κ1) is 15.3. The molecule has 0 aliphatic carbocycles. The predicted octanol–water partition coefficient (Wildman–Crippen LogP) is 1.62. The van der Waals surface area contributed by atoms with Crippen molar-refractivity contribution in [2.24, 2.45) is 0 Å². The molecule has 1 aromatic carbocycles. The van der Waals surface area contributed by atoms with E-state index in [2.05, 4.69) is 20.1 Å². The van der Waals surface area contributed by atoms with Crippen LogP contribution in [-0.4, -0.2) is 56.7 Å². The summed E-state index contributed by atoms with van der Waals surface area (Å²) in [4.78, 5) is 21.2. The minimum atomic E-state index is 0.0657. The molecular formula is C18H18N6O. The van der Waals surface area contributed by atoms with Gasteiger partial charge in [0.05, 0.1) is 0 Å². The van der Waals surface area contributed by atoms with Gasteiger partial charge in [0.2, 0.25) is 0 Å². The molecule has 0 atom stereocenters. The van der Waals surface area contributed by atoms with Gasteiger partial charge >= 0.3 is 0 Å². The molecule has 0 spiro atoms. The molecule has 126 valence electrons. The molecule has 1 fully saturated rings. The molecule has 0 unspecified atom stereocenters. The summed E-state index contributed by atoms with van der Waals surface area (Å²) in [6.45, 7) is 2.98. The number of carbonyl (C=O) groups is 1. The van der Waals surface area contributed by atoms with Crippen LogP contribution in [0.5, 0.6) is 0 Å². The summed E-state index contributed by atoms with van der Waals surface area (Å²) < 4.78 is 1.81. The normalized spacial score (nSPS) is 14.6. The van der Waals surface area contributed by atoms with Crippen LogP contribution in [0.15, 0.2) is 61.3 Å². The molecule has 0 saturated carbocycles. The fraction of sp³-hybridized carbons (Fsp3) is 0.222. The molecule has 2 aromatic heterocycles. The summed E-state index contributed by atoms with van der Waals surface area (Å²) in [5.41, 5.74) is 1.63. The number of benzene rings is 1. The Labute approximate surface area is 145 Å². The minimum Gasteiger partial charge on any atom is -0.353 e. The molecule has 1 aliphatic heterocycles. The zero-order valence-corrected chi connectivity index (χ0v) is 13.7. The predicted molar refractivity (Wildman–Crippen MR) is 93.7 cm³/mol. The van der Waals surface area contributed by atoms with Gasteiger partial charge < -0.3 is 9.80 Å². The maximum absolute atomic E-state index is 12.7. The van der Waals surface area contributed by atoms with E-state index in [1.54, 1.807) is 23.4 Å². The van der Waals surface area contributed by atoms with Gasteiger partial charge in [0, 0.05) is 43.6 Å². The molecule has 3 aromatic rings. The Morgan fingerprint density at radius 3 is 2.24 bits per heavy atom. The highest BCUT2D eigenvalue weighted by atomic mass is 16.2. The fourth-order valence-corrected chi connectivity index (χ4v) is 2.97. The fourth-order valence-electron chi connectivity index (χ4n) is 2.97. The highest BCUT2D eigenvalue weighted by molar-refractivity contribution is 5.94. The summed E-state index contributed by atoms with van der Waals surface area (Å²) in [6, 6.07) is 13.4. The van der Waals surface area contributed by atoms with Crippen LogP contribution in [0.1, 0.15) is 10.4 Å². The zero-order chi connectivity index (χ0) is 17.1. The third-order valence-corrected chi connectivity index (χ3v) is 4.37. The molecule has 7 heteroatoms. The molecule has 1 saturated heterocycles. The van der Waals surface area contributed by atoms with Crippen molar-refractivity contribution in [1.82, 2.24) is 24.6 Å².